The van der Waals surface area contributed by atoms with E-state index in [2.05, 4.69) is 18.9 Å². The summed E-state index contributed by atoms with van der Waals surface area (Å²) >= 11 is 6.27. The number of nitrogens with two attached hydrogens (primary N) is 1. The van der Waals surface area contributed by atoms with Crippen molar-refractivity contribution in [1.82, 2.24) is 9.78 Å². The molecule has 0 aromatic carbocycles. The average molecular weight is 242 g/mol. The molecule has 0 bridgehead atoms. The smallest absolute Gasteiger partial charge is 0.0847 e. The molecule has 0 spiro atoms. The van der Waals surface area contributed by atoms with Crippen molar-refractivity contribution in [2.24, 2.45) is 11.1 Å². The highest BCUT2D eigenvalue weighted by Crippen LogP contribution is 2.48. The lowest BCUT2D eigenvalue weighted by atomic mass is 9.95. The molecule has 1 aliphatic rings. The van der Waals surface area contributed by atoms with Crippen molar-refractivity contribution in [3.05, 3.63) is 16.4 Å². The minimum atomic E-state index is 0.200. The third-order valence-corrected chi connectivity index (χ3v) is 4.29. The Hall–Kier alpha value is -0.540. The van der Waals surface area contributed by atoms with Crippen LogP contribution in [0.1, 0.15) is 38.1 Å². The van der Waals surface area contributed by atoms with Crippen LogP contribution in [0.4, 0.5) is 0 Å². The number of aromatic nitrogens is 2. The van der Waals surface area contributed by atoms with Crippen LogP contribution in [0.3, 0.4) is 0 Å². The van der Waals surface area contributed by atoms with Gasteiger partial charge in [-0.05, 0) is 32.1 Å². The van der Waals surface area contributed by atoms with Crippen LogP contribution in [0.15, 0.2) is 0 Å². The van der Waals surface area contributed by atoms with Gasteiger partial charge in [-0.25, -0.2) is 0 Å². The van der Waals surface area contributed by atoms with Crippen molar-refractivity contribution < 1.29 is 0 Å². The van der Waals surface area contributed by atoms with Gasteiger partial charge in [0, 0.05) is 19.0 Å². The van der Waals surface area contributed by atoms with Gasteiger partial charge in [0.15, 0.2) is 0 Å². The maximum atomic E-state index is 6.27. The number of hydrogen-bond donors (Lipinski definition) is 1. The zero-order valence-electron chi connectivity index (χ0n) is 10.3. The maximum Gasteiger partial charge on any atom is 0.0847 e. The number of nitrogens with zero attached hydrogens (tertiary/aromatic N) is 2. The number of aryl methyl sites for hydroxylation is 2. The summed E-state index contributed by atoms with van der Waals surface area (Å²) in [6.45, 7) is 7.14. The molecule has 1 aliphatic carbocycles. The van der Waals surface area contributed by atoms with Gasteiger partial charge in [-0.1, -0.05) is 18.5 Å². The van der Waals surface area contributed by atoms with Crippen LogP contribution in [0.2, 0.25) is 5.02 Å². The zero-order chi connectivity index (χ0) is 11.9. The van der Waals surface area contributed by atoms with Gasteiger partial charge in [0.2, 0.25) is 0 Å². The predicted octanol–water partition coefficient (Wildman–Crippen LogP) is 2.53. The van der Waals surface area contributed by atoms with Gasteiger partial charge >= 0.3 is 0 Å². The number of hydrogen-bond acceptors (Lipinski definition) is 2. The highest BCUT2D eigenvalue weighted by molar-refractivity contribution is 6.31. The summed E-state index contributed by atoms with van der Waals surface area (Å²) in [7, 11) is 0. The van der Waals surface area contributed by atoms with Gasteiger partial charge in [0.1, 0.15) is 0 Å². The van der Waals surface area contributed by atoms with Crippen molar-refractivity contribution in [2.75, 3.05) is 0 Å². The van der Waals surface area contributed by atoms with Gasteiger partial charge < -0.3 is 5.73 Å². The molecule has 16 heavy (non-hydrogen) atoms. The Kier molecular flexibility index (Phi) is 3.01. The molecule has 0 aliphatic heterocycles. The Morgan fingerprint density at radius 1 is 1.56 bits per heavy atom. The summed E-state index contributed by atoms with van der Waals surface area (Å²) in [6, 6.07) is 0.200. The van der Waals surface area contributed by atoms with E-state index in [1.54, 1.807) is 0 Å². The lowest BCUT2D eigenvalue weighted by Gasteiger charge is -2.19. The fourth-order valence-electron chi connectivity index (χ4n) is 2.09. The first kappa shape index (κ1) is 11.9. The zero-order valence-corrected chi connectivity index (χ0v) is 11.0. The molecule has 0 amide bonds. The molecule has 1 fully saturated rings. The van der Waals surface area contributed by atoms with Crippen LogP contribution in [0, 0.1) is 12.3 Å². The normalized spacial score (nSPS) is 19.8. The molecule has 1 unspecified atom stereocenters. The fraction of sp³-hybridized carbons (Fsp3) is 0.750. The third kappa shape index (κ3) is 1.98. The van der Waals surface area contributed by atoms with Gasteiger partial charge in [-0.2, -0.15) is 5.10 Å². The summed E-state index contributed by atoms with van der Waals surface area (Å²) in [4.78, 5) is 0. The predicted molar refractivity (Wildman–Crippen MR) is 66.7 cm³/mol. The highest BCUT2D eigenvalue weighted by Gasteiger charge is 2.43. The van der Waals surface area contributed by atoms with E-state index < -0.39 is 0 Å². The Morgan fingerprint density at radius 3 is 2.69 bits per heavy atom. The van der Waals surface area contributed by atoms with Crippen molar-refractivity contribution in [1.29, 1.82) is 0 Å². The lowest BCUT2D eigenvalue weighted by Crippen LogP contribution is -2.32. The molecule has 0 radical (unpaired) electrons. The van der Waals surface area contributed by atoms with Crippen LogP contribution < -0.4 is 5.73 Å². The van der Waals surface area contributed by atoms with E-state index in [4.69, 9.17) is 17.3 Å². The van der Waals surface area contributed by atoms with Crippen molar-refractivity contribution in [3.8, 4) is 0 Å². The van der Waals surface area contributed by atoms with Crippen molar-refractivity contribution >= 4 is 11.6 Å². The third-order valence-electron chi connectivity index (χ3n) is 3.80. The molecule has 1 heterocycles. The van der Waals surface area contributed by atoms with Crippen LogP contribution in [0.25, 0.3) is 0 Å². The van der Waals surface area contributed by atoms with E-state index in [0.29, 0.717) is 5.41 Å². The second-order valence-corrected chi connectivity index (χ2v) is 5.50. The molecule has 2 N–H and O–H groups in total. The minimum absolute atomic E-state index is 0.200. The fourth-order valence-corrected chi connectivity index (χ4v) is 2.30. The lowest BCUT2D eigenvalue weighted by molar-refractivity contribution is 0.421. The van der Waals surface area contributed by atoms with Crippen LogP contribution in [-0.4, -0.2) is 15.8 Å². The maximum absolute atomic E-state index is 6.27. The first-order valence-corrected chi connectivity index (χ1v) is 6.33. The molecule has 1 aromatic rings. The number of rotatable bonds is 4. The highest BCUT2D eigenvalue weighted by atomic mass is 35.5. The standard InChI is InChI=1S/C12H20ClN3/c1-4-16-9(11(13)8(2)15-16)7-10(14)12(3)5-6-12/h10H,4-7,14H2,1-3H3. The molecular weight excluding hydrogens is 222 g/mol. The summed E-state index contributed by atoms with van der Waals surface area (Å²) < 4.78 is 1.98. The van der Waals surface area contributed by atoms with Crippen LogP contribution in [0.5, 0.6) is 0 Å². The largest absolute Gasteiger partial charge is 0.327 e. The molecular formula is C12H20ClN3. The van der Waals surface area contributed by atoms with E-state index in [1.807, 2.05) is 11.6 Å². The molecule has 3 nitrogen and oxygen atoms in total. The van der Waals surface area contributed by atoms with E-state index in [9.17, 15) is 0 Å². The molecule has 1 saturated carbocycles. The molecule has 4 heteroatoms. The Balaban J connectivity index is 2.19. The first-order valence-electron chi connectivity index (χ1n) is 5.95. The molecule has 1 atom stereocenters. The van der Waals surface area contributed by atoms with Gasteiger partial charge in [0.25, 0.3) is 0 Å². The second-order valence-electron chi connectivity index (χ2n) is 5.13. The van der Waals surface area contributed by atoms with E-state index in [0.717, 1.165) is 29.4 Å². The molecule has 2 rings (SSSR count). The summed E-state index contributed by atoms with van der Waals surface area (Å²) in [5, 5.41) is 5.21. The second kappa shape index (κ2) is 4.04. The average Bonchev–Trinajstić information content (AvgIpc) is 2.95. The molecule has 1 aromatic heterocycles. The van der Waals surface area contributed by atoms with Crippen LogP contribution >= 0.6 is 11.6 Å². The number of halogens is 1. The Morgan fingerprint density at radius 2 is 2.19 bits per heavy atom. The summed E-state index contributed by atoms with van der Waals surface area (Å²) in [5.41, 5.74) is 8.59. The van der Waals surface area contributed by atoms with E-state index in [1.165, 1.54) is 12.8 Å². The van der Waals surface area contributed by atoms with Gasteiger partial charge in [-0.3, -0.25) is 4.68 Å². The van der Waals surface area contributed by atoms with Gasteiger partial charge in [0.05, 0.1) is 16.4 Å². The SMILES string of the molecule is CCn1nc(C)c(Cl)c1CC(N)C1(C)CC1. The Labute approximate surface area is 102 Å². The topological polar surface area (TPSA) is 43.8 Å². The van der Waals surface area contributed by atoms with E-state index >= 15 is 0 Å². The Bertz CT molecular complexity index is 393. The van der Waals surface area contributed by atoms with Crippen LogP contribution in [-0.2, 0) is 13.0 Å². The van der Waals surface area contributed by atoms with E-state index in [-0.39, 0.29) is 6.04 Å². The van der Waals surface area contributed by atoms with Crippen molar-refractivity contribution in [3.63, 3.8) is 0 Å². The quantitative estimate of drug-likeness (QED) is 0.881. The molecule has 90 valence electrons. The van der Waals surface area contributed by atoms with Crippen molar-refractivity contribution in [2.45, 2.75) is 52.6 Å². The van der Waals surface area contributed by atoms with Gasteiger partial charge in [-0.15, -0.1) is 0 Å². The first-order chi connectivity index (χ1) is 7.48. The minimum Gasteiger partial charge on any atom is -0.327 e. The summed E-state index contributed by atoms with van der Waals surface area (Å²) in [6.07, 6.45) is 3.32. The monoisotopic (exact) mass is 241 g/mol. The summed E-state index contributed by atoms with van der Waals surface area (Å²) in [5.74, 6) is 0. The molecule has 0 saturated heterocycles.